The van der Waals surface area contributed by atoms with Gasteiger partial charge in [0.25, 0.3) is 5.91 Å². The summed E-state index contributed by atoms with van der Waals surface area (Å²) >= 11 is 0. The van der Waals surface area contributed by atoms with Crippen molar-refractivity contribution in [2.75, 3.05) is 6.54 Å². The number of aromatic nitrogens is 1. The van der Waals surface area contributed by atoms with Crippen molar-refractivity contribution in [3.63, 3.8) is 0 Å². The van der Waals surface area contributed by atoms with Gasteiger partial charge in [0, 0.05) is 31.4 Å². The molecule has 2 rings (SSSR count). The van der Waals surface area contributed by atoms with Crippen LogP contribution in [-0.2, 0) is 7.05 Å². The van der Waals surface area contributed by atoms with Crippen LogP contribution in [0.4, 0.5) is 0 Å². The Morgan fingerprint density at radius 2 is 2.17 bits per heavy atom. The molecule has 2 atom stereocenters. The van der Waals surface area contributed by atoms with Crippen molar-refractivity contribution in [3.05, 3.63) is 23.5 Å². The van der Waals surface area contributed by atoms with Gasteiger partial charge in [-0.15, -0.1) is 0 Å². The Labute approximate surface area is 109 Å². The molecular formula is C14H23N3O. The van der Waals surface area contributed by atoms with Gasteiger partial charge in [-0.3, -0.25) is 4.79 Å². The van der Waals surface area contributed by atoms with E-state index in [4.69, 9.17) is 5.73 Å². The monoisotopic (exact) mass is 249 g/mol. The van der Waals surface area contributed by atoms with E-state index in [0.29, 0.717) is 0 Å². The molecule has 1 fully saturated rings. The molecule has 1 aromatic rings. The highest BCUT2D eigenvalue weighted by atomic mass is 16.2. The molecule has 4 heteroatoms. The largest absolute Gasteiger partial charge is 0.344 e. The standard InChI is InChI=1S/C14H23N3O/c1-10-7-8-13(16(10)3)14(18)17-9-5-4-6-12(17)11(2)15/h7-8,11-12H,4-6,9,15H2,1-3H3/t11-,12+/m0/s1. The normalized spacial score (nSPS) is 22.0. The van der Waals surface area contributed by atoms with Gasteiger partial charge in [-0.1, -0.05) is 0 Å². The highest BCUT2D eigenvalue weighted by Crippen LogP contribution is 2.22. The molecule has 1 aliphatic heterocycles. The molecule has 0 unspecified atom stereocenters. The van der Waals surface area contributed by atoms with Gasteiger partial charge < -0.3 is 15.2 Å². The molecule has 100 valence electrons. The van der Waals surface area contributed by atoms with Crippen LogP contribution in [0.2, 0.25) is 0 Å². The molecule has 1 aliphatic rings. The Hall–Kier alpha value is -1.29. The number of nitrogens with zero attached hydrogens (tertiary/aromatic N) is 2. The van der Waals surface area contributed by atoms with Gasteiger partial charge in [0.1, 0.15) is 5.69 Å². The average Bonchev–Trinajstić information content (AvgIpc) is 2.69. The summed E-state index contributed by atoms with van der Waals surface area (Å²) in [7, 11) is 1.94. The van der Waals surface area contributed by atoms with E-state index in [1.165, 1.54) is 6.42 Å². The first-order valence-electron chi connectivity index (χ1n) is 6.71. The summed E-state index contributed by atoms with van der Waals surface area (Å²) in [6.07, 6.45) is 3.27. The molecular weight excluding hydrogens is 226 g/mol. The molecule has 18 heavy (non-hydrogen) atoms. The molecule has 0 radical (unpaired) electrons. The van der Waals surface area contributed by atoms with Gasteiger partial charge in [-0.05, 0) is 45.2 Å². The van der Waals surface area contributed by atoms with Crippen LogP contribution in [0.15, 0.2) is 12.1 Å². The number of nitrogens with two attached hydrogens (primary N) is 1. The van der Waals surface area contributed by atoms with E-state index in [9.17, 15) is 4.79 Å². The van der Waals surface area contributed by atoms with Gasteiger partial charge in [0.2, 0.25) is 0 Å². The van der Waals surface area contributed by atoms with Crippen molar-refractivity contribution < 1.29 is 4.79 Å². The van der Waals surface area contributed by atoms with Crippen LogP contribution in [-0.4, -0.2) is 34.0 Å². The lowest BCUT2D eigenvalue weighted by Crippen LogP contribution is -2.52. The Morgan fingerprint density at radius 3 is 2.72 bits per heavy atom. The van der Waals surface area contributed by atoms with E-state index in [-0.39, 0.29) is 18.0 Å². The van der Waals surface area contributed by atoms with Crippen LogP contribution < -0.4 is 5.73 Å². The van der Waals surface area contributed by atoms with Crippen LogP contribution in [0.5, 0.6) is 0 Å². The van der Waals surface area contributed by atoms with Crippen LogP contribution in [0.3, 0.4) is 0 Å². The molecule has 0 aliphatic carbocycles. The second-order valence-corrected chi connectivity index (χ2v) is 5.34. The number of piperidine rings is 1. The lowest BCUT2D eigenvalue weighted by Gasteiger charge is -2.38. The fraction of sp³-hybridized carbons (Fsp3) is 0.643. The first-order valence-corrected chi connectivity index (χ1v) is 6.71. The number of hydrogen-bond acceptors (Lipinski definition) is 2. The van der Waals surface area contributed by atoms with E-state index in [1.807, 2.05) is 42.5 Å². The molecule has 0 saturated carbocycles. The minimum atomic E-state index is 0.0376. The maximum Gasteiger partial charge on any atom is 0.270 e. The summed E-state index contributed by atoms with van der Waals surface area (Å²) < 4.78 is 1.95. The number of likely N-dealkylation sites (tertiary alicyclic amines) is 1. The summed E-state index contributed by atoms with van der Waals surface area (Å²) in [5.41, 5.74) is 7.88. The highest BCUT2D eigenvalue weighted by molar-refractivity contribution is 5.93. The molecule has 1 amide bonds. The first kappa shape index (κ1) is 13.1. The van der Waals surface area contributed by atoms with E-state index < -0.39 is 0 Å². The molecule has 2 heterocycles. The van der Waals surface area contributed by atoms with E-state index in [0.717, 1.165) is 30.8 Å². The molecule has 0 spiro atoms. The SMILES string of the molecule is Cc1ccc(C(=O)N2CCCC[C@@H]2[C@H](C)N)n1C. The number of carbonyl (C=O) groups is 1. The Morgan fingerprint density at radius 1 is 1.44 bits per heavy atom. The number of hydrogen-bond donors (Lipinski definition) is 1. The van der Waals surface area contributed by atoms with Crippen LogP contribution >= 0.6 is 0 Å². The lowest BCUT2D eigenvalue weighted by atomic mass is 9.96. The maximum atomic E-state index is 12.6. The number of rotatable bonds is 2. The van der Waals surface area contributed by atoms with Gasteiger partial charge in [-0.2, -0.15) is 0 Å². The molecule has 1 saturated heterocycles. The highest BCUT2D eigenvalue weighted by Gasteiger charge is 2.30. The smallest absolute Gasteiger partial charge is 0.270 e. The summed E-state index contributed by atoms with van der Waals surface area (Å²) in [5, 5.41) is 0. The van der Waals surface area contributed by atoms with Crippen molar-refractivity contribution >= 4 is 5.91 Å². The Balaban J connectivity index is 2.23. The van der Waals surface area contributed by atoms with Crippen molar-refractivity contribution in [3.8, 4) is 0 Å². The average molecular weight is 249 g/mol. The topological polar surface area (TPSA) is 51.3 Å². The maximum absolute atomic E-state index is 12.6. The summed E-state index contributed by atoms with van der Waals surface area (Å²) in [5.74, 6) is 0.118. The zero-order valence-corrected chi connectivity index (χ0v) is 11.5. The lowest BCUT2D eigenvalue weighted by molar-refractivity contribution is 0.0574. The van der Waals surface area contributed by atoms with Gasteiger partial charge >= 0.3 is 0 Å². The molecule has 2 N–H and O–H groups in total. The summed E-state index contributed by atoms with van der Waals surface area (Å²) in [4.78, 5) is 14.6. The van der Waals surface area contributed by atoms with Gasteiger partial charge in [0.15, 0.2) is 0 Å². The van der Waals surface area contributed by atoms with E-state index in [2.05, 4.69) is 0 Å². The second kappa shape index (κ2) is 5.14. The zero-order valence-electron chi connectivity index (χ0n) is 11.5. The Kier molecular flexibility index (Phi) is 3.76. The van der Waals surface area contributed by atoms with Gasteiger partial charge in [0.05, 0.1) is 0 Å². The van der Waals surface area contributed by atoms with Crippen molar-refractivity contribution in [1.29, 1.82) is 0 Å². The number of amides is 1. The van der Waals surface area contributed by atoms with Crippen LogP contribution in [0.25, 0.3) is 0 Å². The quantitative estimate of drug-likeness (QED) is 0.867. The number of carbonyl (C=O) groups excluding carboxylic acids is 1. The van der Waals surface area contributed by atoms with Crippen molar-refractivity contribution in [2.45, 2.75) is 45.2 Å². The predicted octanol–water partition coefficient (Wildman–Crippen LogP) is 1.68. The van der Waals surface area contributed by atoms with E-state index in [1.54, 1.807) is 0 Å². The predicted molar refractivity (Wildman–Crippen MR) is 72.5 cm³/mol. The van der Waals surface area contributed by atoms with Gasteiger partial charge in [-0.25, -0.2) is 0 Å². The van der Waals surface area contributed by atoms with Crippen LogP contribution in [0.1, 0.15) is 42.4 Å². The summed E-state index contributed by atoms with van der Waals surface area (Å²) in [6.45, 7) is 4.83. The fourth-order valence-electron chi connectivity index (χ4n) is 2.73. The summed E-state index contributed by atoms with van der Waals surface area (Å²) in [6, 6.07) is 4.11. The Bertz CT molecular complexity index is 436. The van der Waals surface area contributed by atoms with E-state index >= 15 is 0 Å². The van der Waals surface area contributed by atoms with Crippen molar-refractivity contribution in [1.82, 2.24) is 9.47 Å². The first-order chi connectivity index (χ1) is 8.52. The minimum absolute atomic E-state index is 0.0376. The molecule has 1 aromatic heterocycles. The second-order valence-electron chi connectivity index (χ2n) is 5.34. The van der Waals surface area contributed by atoms with Crippen molar-refractivity contribution in [2.24, 2.45) is 12.8 Å². The third-order valence-electron chi connectivity index (χ3n) is 4.01. The number of aryl methyl sites for hydroxylation is 1. The molecule has 0 aromatic carbocycles. The minimum Gasteiger partial charge on any atom is -0.344 e. The van der Waals surface area contributed by atoms with Crippen LogP contribution in [0, 0.1) is 6.92 Å². The molecule has 4 nitrogen and oxygen atoms in total. The third-order valence-corrected chi connectivity index (χ3v) is 4.01. The molecule has 0 bridgehead atoms. The zero-order chi connectivity index (χ0) is 13.3. The fourth-order valence-corrected chi connectivity index (χ4v) is 2.73. The third kappa shape index (κ3) is 2.29.